The van der Waals surface area contributed by atoms with Crippen LogP contribution >= 0.6 is 0 Å². The Morgan fingerprint density at radius 3 is 2.94 bits per heavy atom. The highest BCUT2D eigenvalue weighted by Gasteiger charge is 2.09. The molecule has 1 atom stereocenters. The van der Waals surface area contributed by atoms with E-state index in [0.717, 1.165) is 0 Å². The van der Waals surface area contributed by atoms with Gasteiger partial charge in [0.2, 0.25) is 0 Å². The highest BCUT2D eigenvalue weighted by molar-refractivity contribution is 5.94. The van der Waals surface area contributed by atoms with Crippen LogP contribution in [0.4, 0.5) is 0 Å². The van der Waals surface area contributed by atoms with Crippen molar-refractivity contribution < 1.29 is 9.90 Å². The molecule has 0 fully saturated rings. The number of hydrogen-bond donors (Lipinski definition) is 2. The molecule has 0 aliphatic rings. The Kier molecular flexibility index (Phi) is 3.63. The molecule has 0 aromatic carbocycles. The van der Waals surface area contributed by atoms with Gasteiger partial charge in [-0.2, -0.15) is 5.10 Å². The van der Waals surface area contributed by atoms with Gasteiger partial charge in [-0.1, -0.05) is 0 Å². The molecule has 0 aliphatic heterocycles. The van der Waals surface area contributed by atoms with E-state index in [1.165, 1.54) is 23.5 Å². The van der Waals surface area contributed by atoms with Crippen LogP contribution in [0.3, 0.4) is 0 Å². The smallest absolute Gasteiger partial charge is 0.253 e. The van der Waals surface area contributed by atoms with E-state index in [1.54, 1.807) is 19.1 Å². The molecule has 2 N–H and O–H groups in total. The lowest BCUT2D eigenvalue weighted by molar-refractivity contribution is 0.0922. The molecule has 0 bridgehead atoms. The molecule has 18 heavy (non-hydrogen) atoms. The van der Waals surface area contributed by atoms with Crippen LogP contribution < -0.4 is 5.32 Å². The highest BCUT2D eigenvalue weighted by atomic mass is 16.3. The van der Waals surface area contributed by atoms with Crippen molar-refractivity contribution in [2.45, 2.75) is 13.0 Å². The van der Waals surface area contributed by atoms with Crippen LogP contribution in [0.25, 0.3) is 5.82 Å². The summed E-state index contributed by atoms with van der Waals surface area (Å²) in [6, 6.07) is 3.03. The highest BCUT2D eigenvalue weighted by Crippen LogP contribution is 2.04. The van der Waals surface area contributed by atoms with Gasteiger partial charge in [0.1, 0.15) is 12.7 Å². The monoisotopic (exact) mass is 247 g/mol. The molecule has 0 saturated heterocycles. The van der Waals surface area contributed by atoms with Crippen molar-refractivity contribution in [2.24, 2.45) is 0 Å². The summed E-state index contributed by atoms with van der Waals surface area (Å²) < 4.78 is 1.50. The predicted octanol–water partition coefficient (Wildman–Crippen LogP) is -0.227. The third-order valence-corrected chi connectivity index (χ3v) is 2.31. The maximum atomic E-state index is 11.7. The van der Waals surface area contributed by atoms with Crippen LogP contribution in [0.1, 0.15) is 17.3 Å². The number of aliphatic hydroxyl groups is 1. The predicted molar refractivity (Wildman–Crippen MR) is 63.2 cm³/mol. The van der Waals surface area contributed by atoms with Crippen LogP contribution in [-0.4, -0.2) is 43.4 Å². The van der Waals surface area contributed by atoms with Gasteiger partial charge in [-0.3, -0.25) is 4.79 Å². The maximum absolute atomic E-state index is 11.7. The van der Waals surface area contributed by atoms with Crippen molar-refractivity contribution in [2.75, 3.05) is 6.61 Å². The summed E-state index contributed by atoms with van der Waals surface area (Å²) in [7, 11) is 0. The van der Waals surface area contributed by atoms with Crippen molar-refractivity contribution in [3.05, 3.63) is 36.5 Å². The summed E-state index contributed by atoms with van der Waals surface area (Å²) in [6.07, 6.45) is 4.39. The number of aromatic nitrogens is 4. The average molecular weight is 247 g/mol. The van der Waals surface area contributed by atoms with E-state index >= 15 is 0 Å². The standard InChI is InChI=1S/C11H13N5O2/c1-8(5-17)15-11(18)9-2-3-10(13-4-9)16-7-12-6-14-16/h2-4,6-8,17H,5H2,1H3,(H,15,18)/t8-/m1/s1. The lowest BCUT2D eigenvalue weighted by atomic mass is 10.2. The van der Waals surface area contributed by atoms with Gasteiger partial charge in [0, 0.05) is 12.2 Å². The summed E-state index contributed by atoms with van der Waals surface area (Å²) in [4.78, 5) is 19.6. The average Bonchev–Trinajstić information content (AvgIpc) is 2.92. The second-order valence-electron chi connectivity index (χ2n) is 3.80. The van der Waals surface area contributed by atoms with E-state index < -0.39 is 0 Å². The van der Waals surface area contributed by atoms with Crippen LogP contribution in [0.15, 0.2) is 31.0 Å². The van der Waals surface area contributed by atoms with Gasteiger partial charge in [0.25, 0.3) is 5.91 Å². The third kappa shape index (κ3) is 2.69. The molecule has 2 aromatic heterocycles. The Balaban J connectivity index is 2.10. The lowest BCUT2D eigenvalue weighted by Crippen LogP contribution is -2.35. The molecule has 94 valence electrons. The van der Waals surface area contributed by atoms with Gasteiger partial charge < -0.3 is 10.4 Å². The molecule has 0 aliphatic carbocycles. The van der Waals surface area contributed by atoms with Gasteiger partial charge in [0.05, 0.1) is 12.2 Å². The number of hydrogen-bond acceptors (Lipinski definition) is 5. The lowest BCUT2D eigenvalue weighted by Gasteiger charge is -2.10. The Morgan fingerprint density at radius 1 is 1.56 bits per heavy atom. The number of rotatable bonds is 4. The molecular formula is C11H13N5O2. The second kappa shape index (κ2) is 5.37. The van der Waals surface area contributed by atoms with E-state index in [4.69, 9.17) is 5.11 Å². The summed E-state index contributed by atoms with van der Waals surface area (Å²) >= 11 is 0. The molecule has 1 amide bonds. The van der Waals surface area contributed by atoms with E-state index in [0.29, 0.717) is 11.4 Å². The Morgan fingerprint density at radius 2 is 2.39 bits per heavy atom. The minimum atomic E-state index is -0.285. The zero-order valence-corrected chi connectivity index (χ0v) is 9.82. The number of carbonyl (C=O) groups excluding carboxylic acids is 1. The van der Waals surface area contributed by atoms with E-state index in [-0.39, 0.29) is 18.6 Å². The number of aliphatic hydroxyl groups excluding tert-OH is 1. The summed E-state index contributed by atoms with van der Waals surface area (Å²) in [6.45, 7) is 1.62. The third-order valence-electron chi connectivity index (χ3n) is 2.31. The van der Waals surface area contributed by atoms with Crippen molar-refractivity contribution in [1.82, 2.24) is 25.1 Å². The second-order valence-corrected chi connectivity index (χ2v) is 3.80. The first-order valence-corrected chi connectivity index (χ1v) is 5.43. The Hall–Kier alpha value is -2.28. The van der Waals surface area contributed by atoms with Gasteiger partial charge in [-0.05, 0) is 19.1 Å². The molecule has 2 rings (SSSR count). The normalized spacial score (nSPS) is 12.1. The zero-order valence-electron chi connectivity index (χ0n) is 9.82. The molecule has 0 radical (unpaired) electrons. The van der Waals surface area contributed by atoms with Gasteiger partial charge in [-0.15, -0.1) is 0 Å². The van der Waals surface area contributed by atoms with Crippen LogP contribution in [0.5, 0.6) is 0 Å². The Bertz CT molecular complexity index is 509. The maximum Gasteiger partial charge on any atom is 0.253 e. The first-order chi connectivity index (χ1) is 8.70. The topological polar surface area (TPSA) is 92.9 Å². The van der Waals surface area contributed by atoms with Crippen molar-refractivity contribution in [3.63, 3.8) is 0 Å². The van der Waals surface area contributed by atoms with Crippen molar-refractivity contribution in [3.8, 4) is 5.82 Å². The fourth-order valence-electron chi connectivity index (χ4n) is 1.34. The summed E-state index contributed by atoms with van der Waals surface area (Å²) in [5, 5.41) is 15.4. The largest absolute Gasteiger partial charge is 0.394 e. The molecule has 2 heterocycles. The number of nitrogens with zero attached hydrogens (tertiary/aromatic N) is 4. The molecule has 7 nitrogen and oxygen atoms in total. The molecule has 2 aromatic rings. The quantitative estimate of drug-likeness (QED) is 0.778. The van der Waals surface area contributed by atoms with E-state index in [9.17, 15) is 4.79 Å². The zero-order chi connectivity index (χ0) is 13.0. The summed E-state index contributed by atoms with van der Waals surface area (Å²) in [5.41, 5.74) is 0.430. The van der Waals surface area contributed by atoms with E-state index in [1.807, 2.05) is 0 Å². The summed E-state index contributed by atoms with van der Waals surface area (Å²) in [5.74, 6) is 0.313. The van der Waals surface area contributed by atoms with Crippen LogP contribution in [0.2, 0.25) is 0 Å². The van der Waals surface area contributed by atoms with E-state index in [2.05, 4.69) is 20.4 Å². The number of amides is 1. The van der Waals surface area contributed by atoms with Crippen LogP contribution in [-0.2, 0) is 0 Å². The number of carbonyl (C=O) groups is 1. The minimum Gasteiger partial charge on any atom is -0.394 e. The molecule has 0 unspecified atom stereocenters. The van der Waals surface area contributed by atoms with Crippen LogP contribution in [0, 0.1) is 0 Å². The molecular weight excluding hydrogens is 234 g/mol. The Labute approximate surface area is 104 Å². The number of pyridine rings is 1. The first-order valence-electron chi connectivity index (χ1n) is 5.43. The van der Waals surface area contributed by atoms with Gasteiger partial charge in [0.15, 0.2) is 5.82 Å². The fraction of sp³-hybridized carbons (Fsp3) is 0.273. The van der Waals surface area contributed by atoms with Gasteiger partial charge in [-0.25, -0.2) is 14.6 Å². The van der Waals surface area contributed by atoms with Gasteiger partial charge >= 0.3 is 0 Å². The van der Waals surface area contributed by atoms with Crippen molar-refractivity contribution >= 4 is 5.91 Å². The molecule has 0 spiro atoms. The molecule has 0 saturated carbocycles. The number of nitrogens with one attached hydrogen (secondary N) is 1. The fourth-order valence-corrected chi connectivity index (χ4v) is 1.34. The first kappa shape index (κ1) is 12.2. The minimum absolute atomic E-state index is 0.101. The van der Waals surface area contributed by atoms with Crippen molar-refractivity contribution in [1.29, 1.82) is 0 Å². The SMILES string of the molecule is C[C@H](CO)NC(=O)c1ccc(-n2cncn2)nc1. The molecule has 7 heteroatoms.